The van der Waals surface area contributed by atoms with Crippen molar-refractivity contribution in [2.45, 2.75) is 36.3 Å². The first-order chi connectivity index (χ1) is 12.6. The van der Waals surface area contributed by atoms with E-state index < -0.39 is 0 Å². The van der Waals surface area contributed by atoms with Crippen LogP contribution >= 0.6 is 23.5 Å². The Morgan fingerprint density at radius 1 is 1.31 bits per heavy atom. The predicted octanol–water partition coefficient (Wildman–Crippen LogP) is 3.13. The third-order valence-corrected chi connectivity index (χ3v) is 5.83. The van der Waals surface area contributed by atoms with E-state index in [9.17, 15) is 9.59 Å². The molecule has 1 aromatic carbocycles. The van der Waals surface area contributed by atoms with Crippen molar-refractivity contribution in [2.75, 3.05) is 18.1 Å². The Morgan fingerprint density at radius 3 is 2.88 bits per heavy atom. The minimum absolute atomic E-state index is 0.0966. The van der Waals surface area contributed by atoms with E-state index >= 15 is 0 Å². The van der Waals surface area contributed by atoms with Crippen LogP contribution in [0.3, 0.4) is 0 Å². The Morgan fingerprint density at radius 2 is 2.12 bits per heavy atom. The van der Waals surface area contributed by atoms with Gasteiger partial charge in [0.15, 0.2) is 0 Å². The van der Waals surface area contributed by atoms with Crippen molar-refractivity contribution < 1.29 is 9.59 Å². The highest BCUT2D eigenvalue weighted by molar-refractivity contribution is 7.98. The Labute approximate surface area is 161 Å². The molecule has 0 atom stereocenters. The van der Waals surface area contributed by atoms with E-state index in [1.807, 2.05) is 37.4 Å². The zero-order valence-electron chi connectivity index (χ0n) is 14.9. The number of hydrogen-bond donors (Lipinski definition) is 2. The topological polar surface area (TPSA) is 76.0 Å². The van der Waals surface area contributed by atoms with E-state index in [0.717, 1.165) is 34.1 Å². The quantitative estimate of drug-likeness (QED) is 0.711. The lowest BCUT2D eigenvalue weighted by molar-refractivity contribution is -0.121. The second-order valence-corrected chi connectivity index (χ2v) is 7.76. The van der Waals surface area contributed by atoms with Crippen molar-refractivity contribution in [3.63, 3.8) is 0 Å². The molecule has 1 aliphatic rings. The monoisotopic (exact) mass is 390 g/mol. The molecule has 6 nitrogen and oxygen atoms in total. The number of hydrogen-bond acceptors (Lipinski definition) is 5. The average molecular weight is 391 g/mol. The summed E-state index contributed by atoms with van der Waals surface area (Å²) >= 11 is 3.30. The van der Waals surface area contributed by atoms with Gasteiger partial charge in [0.2, 0.25) is 5.91 Å². The highest BCUT2D eigenvalue weighted by Crippen LogP contribution is 2.35. The average Bonchev–Trinajstić information content (AvgIpc) is 3.22. The molecule has 26 heavy (non-hydrogen) atoms. The second kappa shape index (κ2) is 8.64. The zero-order chi connectivity index (χ0) is 18.5. The minimum atomic E-state index is -0.176. The molecule has 0 unspecified atom stereocenters. The molecule has 0 radical (unpaired) electrons. The molecule has 0 saturated carbocycles. The van der Waals surface area contributed by atoms with Crippen molar-refractivity contribution in [3.05, 3.63) is 41.1 Å². The summed E-state index contributed by atoms with van der Waals surface area (Å²) in [6.07, 6.45) is 2.83. The molecule has 2 amide bonds. The van der Waals surface area contributed by atoms with Crippen molar-refractivity contribution in [3.8, 4) is 0 Å². The fourth-order valence-corrected chi connectivity index (χ4v) is 4.41. The van der Waals surface area contributed by atoms with Crippen molar-refractivity contribution in [1.82, 2.24) is 15.1 Å². The van der Waals surface area contributed by atoms with Crippen LogP contribution in [0.5, 0.6) is 0 Å². The Kier molecular flexibility index (Phi) is 6.26. The van der Waals surface area contributed by atoms with E-state index in [4.69, 9.17) is 0 Å². The second-order valence-electron chi connectivity index (χ2n) is 5.93. The van der Waals surface area contributed by atoms with Gasteiger partial charge in [0.1, 0.15) is 12.4 Å². The van der Waals surface area contributed by atoms with Crippen molar-refractivity contribution in [1.29, 1.82) is 0 Å². The number of aromatic nitrogens is 2. The molecule has 0 bridgehead atoms. The zero-order valence-corrected chi connectivity index (χ0v) is 16.5. The van der Waals surface area contributed by atoms with Crippen LogP contribution in [0.2, 0.25) is 0 Å². The summed E-state index contributed by atoms with van der Waals surface area (Å²) in [6, 6.07) is 7.50. The molecular weight excluding hydrogens is 368 g/mol. The van der Waals surface area contributed by atoms with Crippen LogP contribution in [0, 0.1) is 0 Å². The number of nitrogens with zero attached hydrogens (tertiary/aromatic N) is 2. The third kappa shape index (κ3) is 4.07. The summed E-state index contributed by atoms with van der Waals surface area (Å²) in [5.41, 5.74) is 2.60. The van der Waals surface area contributed by atoms with Crippen LogP contribution < -0.4 is 10.6 Å². The normalized spacial score (nSPS) is 12.7. The van der Waals surface area contributed by atoms with Gasteiger partial charge in [-0.05, 0) is 24.8 Å². The maximum Gasteiger partial charge on any atom is 0.257 e. The minimum Gasteiger partial charge on any atom is -0.355 e. The van der Waals surface area contributed by atoms with E-state index in [-0.39, 0.29) is 18.4 Å². The molecule has 2 N–H and O–H groups in total. The van der Waals surface area contributed by atoms with Gasteiger partial charge in [0.05, 0.1) is 11.3 Å². The summed E-state index contributed by atoms with van der Waals surface area (Å²) in [5.74, 6) is 1.97. The maximum atomic E-state index is 12.8. The van der Waals surface area contributed by atoms with E-state index in [1.54, 1.807) is 16.4 Å². The Bertz CT molecular complexity index is 820. The molecule has 0 saturated heterocycles. The molecule has 138 valence electrons. The number of carbonyl (C=O) groups is 2. The fraction of sp³-hybridized carbons (Fsp3) is 0.389. The molecular formula is C18H22N4O2S2. The fourth-order valence-electron chi connectivity index (χ4n) is 2.78. The molecule has 1 aromatic heterocycles. The molecule has 1 aliphatic heterocycles. The summed E-state index contributed by atoms with van der Waals surface area (Å²) in [5, 5.41) is 10.4. The predicted molar refractivity (Wildman–Crippen MR) is 107 cm³/mol. The van der Waals surface area contributed by atoms with Crippen molar-refractivity contribution in [2.24, 2.45) is 0 Å². The number of rotatable bonds is 7. The van der Waals surface area contributed by atoms with Gasteiger partial charge < -0.3 is 10.6 Å². The SMILES string of the molecule is CCCNC(=O)Cn1nc2c(c1NC(=O)c1ccccc1SC)CSC2. The van der Waals surface area contributed by atoms with Crippen LogP contribution in [-0.2, 0) is 22.8 Å². The van der Waals surface area contributed by atoms with Crippen LogP contribution in [0.1, 0.15) is 35.0 Å². The summed E-state index contributed by atoms with van der Waals surface area (Å²) in [4.78, 5) is 25.9. The molecule has 3 rings (SSSR count). The number of nitrogens with one attached hydrogen (secondary N) is 2. The Balaban J connectivity index is 1.84. The highest BCUT2D eigenvalue weighted by atomic mass is 32.2. The van der Waals surface area contributed by atoms with E-state index in [2.05, 4.69) is 15.7 Å². The summed E-state index contributed by atoms with van der Waals surface area (Å²) in [7, 11) is 0. The maximum absolute atomic E-state index is 12.8. The molecule has 2 aromatic rings. The third-order valence-electron chi connectivity index (χ3n) is 4.07. The lowest BCUT2D eigenvalue weighted by Crippen LogP contribution is -2.29. The first-order valence-corrected chi connectivity index (χ1v) is 10.9. The van der Waals surface area contributed by atoms with Gasteiger partial charge >= 0.3 is 0 Å². The van der Waals surface area contributed by atoms with E-state index in [1.165, 1.54) is 11.8 Å². The van der Waals surface area contributed by atoms with Gasteiger partial charge in [-0.2, -0.15) is 16.9 Å². The molecule has 0 fully saturated rings. The van der Waals surface area contributed by atoms with Gasteiger partial charge in [0.25, 0.3) is 5.91 Å². The smallest absolute Gasteiger partial charge is 0.257 e. The molecule has 2 heterocycles. The van der Waals surface area contributed by atoms with Gasteiger partial charge in [-0.15, -0.1) is 11.8 Å². The lowest BCUT2D eigenvalue weighted by Gasteiger charge is -2.12. The number of thioether (sulfide) groups is 2. The van der Waals surface area contributed by atoms with Gasteiger partial charge in [0, 0.05) is 28.5 Å². The van der Waals surface area contributed by atoms with Crippen LogP contribution in [0.25, 0.3) is 0 Å². The number of fused-ring (bicyclic) bond motifs is 1. The molecule has 8 heteroatoms. The highest BCUT2D eigenvalue weighted by Gasteiger charge is 2.25. The van der Waals surface area contributed by atoms with E-state index in [0.29, 0.717) is 17.9 Å². The van der Waals surface area contributed by atoms with Gasteiger partial charge in [-0.1, -0.05) is 19.1 Å². The first kappa shape index (κ1) is 18.8. The number of anilines is 1. The summed E-state index contributed by atoms with van der Waals surface area (Å²) < 4.78 is 1.62. The van der Waals surface area contributed by atoms with Gasteiger partial charge in [-0.25, -0.2) is 4.68 Å². The number of carbonyl (C=O) groups excluding carboxylic acids is 2. The van der Waals surface area contributed by atoms with Gasteiger partial charge in [-0.3, -0.25) is 9.59 Å². The standard InChI is InChI=1S/C18H22N4O2S2/c1-3-8-19-16(23)9-22-17(13-10-26-11-14(13)21-22)20-18(24)12-6-4-5-7-15(12)25-2/h4-7H,3,8-11H2,1-2H3,(H,19,23)(H,20,24). The number of amides is 2. The largest absolute Gasteiger partial charge is 0.355 e. The summed E-state index contributed by atoms with van der Waals surface area (Å²) in [6.45, 7) is 2.75. The van der Waals surface area contributed by atoms with Crippen LogP contribution in [0.4, 0.5) is 5.82 Å². The Hall–Kier alpha value is -1.93. The number of benzene rings is 1. The molecule has 0 spiro atoms. The molecule has 0 aliphatic carbocycles. The first-order valence-electron chi connectivity index (χ1n) is 8.51. The van der Waals surface area contributed by atoms with Crippen LogP contribution in [-0.4, -0.2) is 34.4 Å². The van der Waals surface area contributed by atoms with Crippen LogP contribution in [0.15, 0.2) is 29.2 Å². The lowest BCUT2D eigenvalue weighted by atomic mass is 10.2. The van der Waals surface area contributed by atoms with Crippen molar-refractivity contribution >= 4 is 41.2 Å².